The zero-order chi connectivity index (χ0) is 9.03. The molecule has 1 aliphatic rings. The third-order valence-electron chi connectivity index (χ3n) is 1.94. The van der Waals surface area contributed by atoms with Crippen molar-refractivity contribution in [2.24, 2.45) is 5.14 Å². The van der Waals surface area contributed by atoms with E-state index in [4.69, 9.17) is 0 Å². The Labute approximate surface area is 72.5 Å². The maximum absolute atomic E-state index is 10.4. The van der Waals surface area contributed by atoms with Crippen LogP contribution in [0, 0.1) is 0 Å². The van der Waals surface area contributed by atoms with Crippen molar-refractivity contribution in [1.29, 1.82) is 0 Å². The monoisotopic (exact) mass is 194 g/mol. The average molecular weight is 194 g/mol. The SMILES string of the molecule is NS(=O)(=O)ONC1CCCCC1. The summed E-state index contributed by atoms with van der Waals surface area (Å²) in [6, 6.07) is 0.136. The standard InChI is InChI=1S/C6H14N2O3S/c7-12(9,10)11-8-6-4-2-1-3-5-6/h6,8H,1-5H2,(H2,7,9,10). The van der Waals surface area contributed by atoms with Crippen molar-refractivity contribution in [1.82, 2.24) is 5.48 Å². The number of rotatable bonds is 3. The highest BCUT2D eigenvalue weighted by Crippen LogP contribution is 2.17. The molecule has 0 amide bonds. The Bertz CT molecular complexity index is 221. The first-order valence-corrected chi connectivity index (χ1v) is 5.52. The number of hydroxylamine groups is 1. The highest BCUT2D eigenvalue weighted by Gasteiger charge is 2.14. The second-order valence-electron chi connectivity index (χ2n) is 3.03. The predicted molar refractivity (Wildman–Crippen MR) is 44.2 cm³/mol. The van der Waals surface area contributed by atoms with Gasteiger partial charge in [-0.05, 0) is 12.8 Å². The van der Waals surface area contributed by atoms with Crippen LogP contribution < -0.4 is 10.6 Å². The maximum atomic E-state index is 10.4. The lowest BCUT2D eigenvalue weighted by molar-refractivity contribution is 0.140. The molecule has 1 fully saturated rings. The van der Waals surface area contributed by atoms with Crippen LogP contribution in [0.15, 0.2) is 0 Å². The first-order valence-electron chi connectivity index (χ1n) is 4.04. The van der Waals surface area contributed by atoms with Crippen molar-refractivity contribution in [2.45, 2.75) is 38.1 Å². The minimum Gasteiger partial charge on any atom is -0.204 e. The summed E-state index contributed by atoms with van der Waals surface area (Å²) in [6.45, 7) is 0. The Kier molecular flexibility index (Phi) is 3.45. The number of hydrogen-bond donors (Lipinski definition) is 2. The van der Waals surface area contributed by atoms with Gasteiger partial charge in [0.15, 0.2) is 0 Å². The van der Waals surface area contributed by atoms with E-state index in [1.54, 1.807) is 0 Å². The van der Waals surface area contributed by atoms with Crippen LogP contribution in [0.25, 0.3) is 0 Å². The van der Waals surface area contributed by atoms with Gasteiger partial charge < -0.3 is 0 Å². The largest absolute Gasteiger partial charge is 0.349 e. The number of nitrogens with two attached hydrogens (primary N) is 1. The van der Waals surface area contributed by atoms with Crippen LogP contribution in [-0.2, 0) is 14.6 Å². The van der Waals surface area contributed by atoms with E-state index in [1.165, 1.54) is 6.42 Å². The molecule has 12 heavy (non-hydrogen) atoms. The molecule has 1 saturated carbocycles. The summed E-state index contributed by atoms with van der Waals surface area (Å²) in [6.07, 6.45) is 5.36. The van der Waals surface area contributed by atoms with E-state index >= 15 is 0 Å². The van der Waals surface area contributed by atoms with Crippen LogP contribution in [0.5, 0.6) is 0 Å². The topological polar surface area (TPSA) is 81.4 Å². The molecule has 5 nitrogen and oxygen atoms in total. The average Bonchev–Trinajstić information content (AvgIpc) is 2.02. The minimum atomic E-state index is -3.83. The molecule has 1 aliphatic carbocycles. The molecule has 0 spiro atoms. The third kappa shape index (κ3) is 4.01. The molecule has 0 unspecified atom stereocenters. The fourth-order valence-electron chi connectivity index (χ4n) is 1.36. The Morgan fingerprint density at radius 2 is 1.83 bits per heavy atom. The van der Waals surface area contributed by atoms with Crippen molar-refractivity contribution in [3.63, 3.8) is 0 Å². The van der Waals surface area contributed by atoms with Crippen LogP contribution in [0.3, 0.4) is 0 Å². The van der Waals surface area contributed by atoms with Gasteiger partial charge in [0.1, 0.15) is 0 Å². The predicted octanol–water partition coefficient (Wildman–Crippen LogP) is 0.0438. The summed E-state index contributed by atoms with van der Waals surface area (Å²) in [5, 5.41) is 4.64. The fourth-order valence-corrected chi connectivity index (χ4v) is 1.63. The molecule has 1 rings (SSSR count). The van der Waals surface area contributed by atoms with Gasteiger partial charge in [-0.1, -0.05) is 19.3 Å². The van der Waals surface area contributed by atoms with Gasteiger partial charge in [0.25, 0.3) is 0 Å². The molecule has 3 N–H and O–H groups in total. The van der Waals surface area contributed by atoms with Crippen LogP contribution in [-0.4, -0.2) is 14.5 Å². The summed E-state index contributed by atoms with van der Waals surface area (Å²) < 4.78 is 25.0. The lowest BCUT2D eigenvalue weighted by atomic mass is 9.96. The second-order valence-corrected chi connectivity index (χ2v) is 4.18. The van der Waals surface area contributed by atoms with Crippen LogP contribution in [0.1, 0.15) is 32.1 Å². The van der Waals surface area contributed by atoms with Crippen molar-refractivity contribution in [3.8, 4) is 0 Å². The molecule has 0 aromatic rings. The fraction of sp³-hybridized carbons (Fsp3) is 1.00. The molecular weight excluding hydrogens is 180 g/mol. The van der Waals surface area contributed by atoms with Crippen LogP contribution in [0.4, 0.5) is 0 Å². The molecule has 0 saturated heterocycles. The summed E-state index contributed by atoms with van der Waals surface area (Å²) >= 11 is 0. The van der Waals surface area contributed by atoms with Gasteiger partial charge in [-0.3, -0.25) is 0 Å². The molecule has 0 aromatic heterocycles. The maximum Gasteiger partial charge on any atom is 0.349 e. The highest BCUT2D eigenvalue weighted by atomic mass is 32.2. The molecule has 0 aliphatic heterocycles. The smallest absolute Gasteiger partial charge is 0.204 e. The molecule has 72 valence electrons. The first-order chi connectivity index (χ1) is 5.58. The Morgan fingerprint density at radius 1 is 1.25 bits per heavy atom. The van der Waals surface area contributed by atoms with Gasteiger partial charge in [0.2, 0.25) is 0 Å². The lowest BCUT2D eigenvalue weighted by Gasteiger charge is -2.20. The van der Waals surface area contributed by atoms with Crippen molar-refractivity contribution in [2.75, 3.05) is 0 Å². The van der Waals surface area contributed by atoms with E-state index in [1.807, 2.05) is 0 Å². The van der Waals surface area contributed by atoms with E-state index in [2.05, 4.69) is 14.9 Å². The van der Waals surface area contributed by atoms with Crippen LogP contribution >= 0.6 is 0 Å². The molecule has 6 heteroatoms. The lowest BCUT2D eigenvalue weighted by Crippen LogP contribution is -2.35. The third-order valence-corrected chi connectivity index (χ3v) is 2.26. The Hall–Kier alpha value is -0.170. The zero-order valence-electron chi connectivity index (χ0n) is 6.82. The highest BCUT2D eigenvalue weighted by molar-refractivity contribution is 7.84. The summed E-state index contributed by atoms with van der Waals surface area (Å²) in [5.41, 5.74) is 2.45. The normalized spacial score (nSPS) is 21.1. The van der Waals surface area contributed by atoms with Gasteiger partial charge in [0.05, 0.1) is 0 Å². The van der Waals surface area contributed by atoms with Crippen LogP contribution in [0.2, 0.25) is 0 Å². The Morgan fingerprint density at radius 3 is 2.33 bits per heavy atom. The molecule has 0 heterocycles. The van der Waals surface area contributed by atoms with E-state index in [-0.39, 0.29) is 6.04 Å². The molecule has 0 bridgehead atoms. The van der Waals surface area contributed by atoms with E-state index < -0.39 is 10.3 Å². The molecule has 0 aromatic carbocycles. The van der Waals surface area contributed by atoms with E-state index in [9.17, 15) is 8.42 Å². The minimum absolute atomic E-state index is 0.136. The molecular formula is C6H14N2O3S. The number of nitrogens with one attached hydrogen (secondary N) is 1. The summed E-state index contributed by atoms with van der Waals surface area (Å²) in [4.78, 5) is 0. The summed E-state index contributed by atoms with van der Waals surface area (Å²) in [7, 11) is -3.83. The quantitative estimate of drug-likeness (QED) is 0.622. The van der Waals surface area contributed by atoms with Gasteiger partial charge in [0, 0.05) is 6.04 Å². The van der Waals surface area contributed by atoms with Gasteiger partial charge in [-0.15, -0.1) is 0 Å². The van der Waals surface area contributed by atoms with Gasteiger partial charge >= 0.3 is 10.3 Å². The summed E-state index contributed by atoms with van der Waals surface area (Å²) in [5.74, 6) is 0. The second kappa shape index (κ2) is 4.18. The van der Waals surface area contributed by atoms with Gasteiger partial charge in [-0.2, -0.15) is 18.2 Å². The van der Waals surface area contributed by atoms with Crippen molar-refractivity contribution >= 4 is 10.3 Å². The van der Waals surface area contributed by atoms with Gasteiger partial charge in [-0.25, -0.2) is 5.14 Å². The van der Waals surface area contributed by atoms with E-state index in [0.29, 0.717) is 0 Å². The Balaban J connectivity index is 2.22. The van der Waals surface area contributed by atoms with Crippen molar-refractivity contribution < 1.29 is 12.7 Å². The molecule has 0 radical (unpaired) electrons. The first kappa shape index (κ1) is 9.91. The van der Waals surface area contributed by atoms with Crippen molar-refractivity contribution in [3.05, 3.63) is 0 Å². The molecule has 0 atom stereocenters. The zero-order valence-corrected chi connectivity index (χ0v) is 7.64. The number of hydrogen-bond acceptors (Lipinski definition) is 4. The van der Waals surface area contributed by atoms with E-state index in [0.717, 1.165) is 25.7 Å².